The lowest BCUT2D eigenvalue weighted by Gasteiger charge is -2.11. The number of thioether (sulfide) groups is 1. The number of carbonyl (C=O) groups excluding carboxylic acids is 2. The fourth-order valence-electron chi connectivity index (χ4n) is 1.97. The zero-order valence-corrected chi connectivity index (χ0v) is 13.0. The van der Waals surface area contributed by atoms with Gasteiger partial charge >= 0.3 is 0 Å². The van der Waals surface area contributed by atoms with E-state index in [9.17, 15) is 24.8 Å². The minimum Gasteiger partial charge on any atom is -0.507 e. The number of non-ortho nitro benzene ring substituents is 1. The minimum atomic E-state index is -0.604. The molecule has 0 saturated carbocycles. The molecule has 23 heavy (non-hydrogen) atoms. The number of nitro groups is 1. The van der Waals surface area contributed by atoms with E-state index in [-0.39, 0.29) is 28.5 Å². The molecule has 2 amide bonds. The van der Waals surface area contributed by atoms with Gasteiger partial charge in [0.1, 0.15) is 5.75 Å². The van der Waals surface area contributed by atoms with Crippen molar-refractivity contribution < 1.29 is 24.4 Å². The molecule has 0 unspecified atom stereocenters. The average molecular weight is 338 g/mol. The summed E-state index contributed by atoms with van der Waals surface area (Å²) in [5.41, 5.74) is -0.102. The van der Waals surface area contributed by atoms with Gasteiger partial charge in [-0.25, -0.2) is 0 Å². The first-order valence-electron chi connectivity index (χ1n) is 6.65. The molecule has 2 rings (SSSR count). The lowest BCUT2D eigenvalue weighted by atomic mass is 10.1. The van der Waals surface area contributed by atoms with Crippen LogP contribution in [-0.4, -0.2) is 46.3 Å². The van der Waals surface area contributed by atoms with Crippen LogP contribution in [0.3, 0.4) is 0 Å². The molecule has 1 N–H and O–H groups in total. The summed E-state index contributed by atoms with van der Waals surface area (Å²) in [5.74, 6) is -0.691. The number of hydrogen-bond acceptors (Lipinski definition) is 7. The fourth-order valence-corrected chi connectivity index (χ4v) is 2.83. The van der Waals surface area contributed by atoms with Crippen LogP contribution >= 0.6 is 11.8 Å². The maximum atomic E-state index is 12.2. The van der Waals surface area contributed by atoms with E-state index in [2.05, 4.69) is 0 Å². The highest BCUT2D eigenvalue weighted by molar-refractivity contribution is 8.18. The number of benzene rings is 1. The summed E-state index contributed by atoms with van der Waals surface area (Å²) >= 11 is 0.734. The monoisotopic (exact) mass is 338 g/mol. The third kappa shape index (κ3) is 3.88. The SMILES string of the molecule is COCCCN1C(=O)S/C(=C/c2cc([N+](=O)[O-])ccc2O)C1=O. The van der Waals surface area contributed by atoms with Gasteiger partial charge in [-0.15, -0.1) is 0 Å². The van der Waals surface area contributed by atoms with Crippen LogP contribution in [-0.2, 0) is 9.53 Å². The van der Waals surface area contributed by atoms with Crippen LogP contribution in [0.5, 0.6) is 5.75 Å². The first-order valence-corrected chi connectivity index (χ1v) is 7.47. The Labute approximate surface area is 135 Å². The summed E-state index contributed by atoms with van der Waals surface area (Å²) in [6, 6.07) is 3.48. The zero-order valence-electron chi connectivity index (χ0n) is 12.2. The number of aromatic hydroxyl groups is 1. The molecule has 9 heteroatoms. The van der Waals surface area contributed by atoms with Gasteiger partial charge in [0.05, 0.1) is 9.83 Å². The summed E-state index contributed by atoms with van der Waals surface area (Å²) in [6.45, 7) is 0.656. The number of hydrogen-bond donors (Lipinski definition) is 1. The summed E-state index contributed by atoms with van der Waals surface area (Å²) in [6.07, 6.45) is 1.80. The van der Waals surface area contributed by atoms with Crippen LogP contribution in [0.4, 0.5) is 10.5 Å². The van der Waals surface area contributed by atoms with Gasteiger partial charge in [0.2, 0.25) is 0 Å². The van der Waals surface area contributed by atoms with E-state index in [4.69, 9.17) is 4.74 Å². The molecule has 0 aromatic heterocycles. The molecule has 8 nitrogen and oxygen atoms in total. The van der Waals surface area contributed by atoms with Crippen molar-refractivity contribution in [3.63, 3.8) is 0 Å². The number of phenolic OH excluding ortho intramolecular Hbond substituents is 1. The van der Waals surface area contributed by atoms with E-state index in [1.807, 2.05) is 0 Å². The Morgan fingerprint density at radius 2 is 2.17 bits per heavy atom. The van der Waals surface area contributed by atoms with Crippen molar-refractivity contribution in [3.05, 3.63) is 38.8 Å². The fraction of sp³-hybridized carbons (Fsp3) is 0.286. The molecule has 0 atom stereocenters. The van der Waals surface area contributed by atoms with Crippen LogP contribution < -0.4 is 0 Å². The predicted molar refractivity (Wildman–Crippen MR) is 83.9 cm³/mol. The quantitative estimate of drug-likeness (QED) is 0.367. The molecule has 1 aromatic carbocycles. The number of carbonyl (C=O) groups is 2. The Balaban J connectivity index is 2.23. The second kappa shape index (κ2) is 7.25. The van der Waals surface area contributed by atoms with E-state index in [1.165, 1.54) is 19.3 Å². The van der Waals surface area contributed by atoms with Gasteiger partial charge in [-0.05, 0) is 30.3 Å². The molecule has 0 bridgehead atoms. The van der Waals surface area contributed by atoms with Crippen molar-refractivity contribution >= 4 is 34.7 Å². The van der Waals surface area contributed by atoms with E-state index in [0.717, 1.165) is 28.8 Å². The Kier molecular flexibility index (Phi) is 5.35. The number of rotatable bonds is 6. The van der Waals surface area contributed by atoms with E-state index < -0.39 is 16.1 Å². The van der Waals surface area contributed by atoms with Crippen molar-refractivity contribution in [1.29, 1.82) is 0 Å². The summed E-state index contributed by atoms with van der Waals surface area (Å²) in [7, 11) is 1.53. The molecular formula is C14H14N2O6S. The van der Waals surface area contributed by atoms with Crippen molar-refractivity contribution in [2.75, 3.05) is 20.3 Å². The lowest BCUT2D eigenvalue weighted by Crippen LogP contribution is -2.29. The van der Waals surface area contributed by atoms with Crippen molar-refractivity contribution in [3.8, 4) is 5.75 Å². The third-order valence-electron chi connectivity index (χ3n) is 3.11. The minimum absolute atomic E-state index is 0.113. The predicted octanol–water partition coefficient (Wildman–Crippen LogP) is 2.37. The highest BCUT2D eigenvalue weighted by Gasteiger charge is 2.34. The maximum absolute atomic E-state index is 12.2. The number of imide groups is 1. The summed E-state index contributed by atoms with van der Waals surface area (Å²) in [5, 5.41) is 20.1. The van der Waals surface area contributed by atoms with Crippen molar-refractivity contribution in [2.45, 2.75) is 6.42 Å². The number of phenols is 1. The zero-order chi connectivity index (χ0) is 17.0. The molecular weight excluding hydrogens is 324 g/mol. The highest BCUT2D eigenvalue weighted by Crippen LogP contribution is 2.34. The number of amides is 2. The molecule has 0 aliphatic carbocycles. The van der Waals surface area contributed by atoms with Gasteiger partial charge in [0.25, 0.3) is 16.8 Å². The van der Waals surface area contributed by atoms with Gasteiger partial charge in [0.15, 0.2) is 0 Å². The normalized spacial score (nSPS) is 16.4. The Bertz CT molecular complexity index is 688. The molecule has 0 spiro atoms. The molecule has 0 radical (unpaired) electrons. The Hall–Kier alpha value is -2.39. The average Bonchev–Trinajstić information content (AvgIpc) is 2.77. The second-order valence-corrected chi connectivity index (χ2v) is 5.67. The van der Waals surface area contributed by atoms with Gasteiger partial charge in [0, 0.05) is 38.0 Å². The van der Waals surface area contributed by atoms with E-state index in [1.54, 1.807) is 0 Å². The number of methoxy groups -OCH3 is 1. The number of nitro benzene ring substituents is 1. The van der Waals surface area contributed by atoms with Crippen molar-refractivity contribution in [2.24, 2.45) is 0 Å². The molecule has 1 heterocycles. The topological polar surface area (TPSA) is 110 Å². The van der Waals surface area contributed by atoms with Gasteiger partial charge in [-0.3, -0.25) is 24.6 Å². The lowest BCUT2D eigenvalue weighted by molar-refractivity contribution is -0.384. The first-order chi connectivity index (χ1) is 10.9. The standard InChI is InChI=1S/C14H14N2O6S/c1-22-6-2-5-15-13(18)12(23-14(15)19)8-9-7-10(16(20)21)3-4-11(9)17/h3-4,7-8,17H,2,5-6H2,1H3/b12-8+. The van der Waals surface area contributed by atoms with Gasteiger partial charge < -0.3 is 9.84 Å². The smallest absolute Gasteiger partial charge is 0.293 e. The molecule has 1 saturated heterocycles. The largest absolute Gasteiger partial charge is 0.507 e. The Morgan fingerprint density at radius 3 is 2.83 bits per heavy atom. The maximum Gasteiger partial charge on any atom is 0.293 e. The van der Waals surface area contributed by atoms with Crippen LogP contribution in [0.2, 0.25) is 0 Å². The summed E-state index contributed by atoms with van der Waals surface area (Å²) in [4.78, 5) is 35.4. The second-order valence-electron chi connectivity index (χ2n) is 4.68. The van der Waals surface area contributed by atoms with Crippen LogP contribution in [0.15, 0.2) is 23.1 Å². The molecule has 1 aromatic rings. The Morgan fingerprint density at radius 1 is 1.43 bits per heavy atom. The van der Waals surface area contributed by atoms with E-state index in [0.29, 0.717) is 13.0 Å². The molecule has 1 fully saturated rings. The van der Waals surface area contributed by atoms with Gasteiger partial charge in [-0.2, -0.15) is 0 Å². The number of nitrogens with zero attached hydrogens (tertiary/aromatic N) is 2. The molecule has 1 aliphatic heterocycles. The van der Waals surface area contributed by atoms with Gasteiger partial charge in [-0.1, -0.05) is 0 Å². The van der Waals surface area contributed by atoms with Crippen molar-refractivity contribution in [1.82, 2.24) is 4.90 Å². The van der Waals surface area contributed by atoms with Crippen LogP contribution in [0.25, 0.3) is 6.08 Å². The molecule has 122 valence electrons. The van der Waals surface area contributed by atoms with E-state index >= 15 is 0 Å². The van der Waals surface area contributed by atoms with Crippen LogP contribution in [0, 0.1) is 10.1 Å². The number of ether oxygens (including phenoxy) is 1. The third-order valence-corrected chi connectivity index (χ3v) is 4.02. The molecule has 1 aliphatic rings. The van der Waals surface area contributed by atoms with Crippen LogP contribution in [0.1, 0.15) is 12.0 Å². The highest BCUT2D eigenvalue weighted by atomic mass is 32.2. The summed E-state index contributed by atoms with van der Waals surface area (Å²) < 4.78 is 4.88. The first kappa shape index (κ1) is 17.0.